The van der Waals surface area contributed by atoms with Gasteiger partial charge >= 0.3 is 5.97 Å². The zero-order valence-corrected chi connectivity index (χ0v) is 17.5. The summed E-state index contributed by atoms with van der Waals surface area (Å²) in [5.41, 5.74) is 0.822. The summed E-state index contributed by atoms with van der Waals surface area (Å²) in [6.45, 7) is 1.06. The number of ether oxygens (including phenoxy) is 3. The lowest BCUT2D eigenvalue weighted by atomic mass is 10.1. The summed E-state index contributed by atoms with van der Waals surface area (Å²) in [4.78, 5) is 36.6. The lowest BCUT2D eigenvalue weighted by molar-refractivity contribution is -0.145. The van der Waals surface area contributed by atoms with Gasteiger partial charge in [0.25, 0.3) is 5.91 Å². The molecule has 0 bridgehead atoms. The molecule has 0 radical (unpaired) electrons. The van der Waals surface area contributed by atoms with Crippen molar-refractivity contribution in [2.75, 3.05) is 24.3 Å². The minimum atomic E-state index is -3.43. The Hall–Kier alpha value is -3.60. The number of esters is 1. The number of Topliss-reactive ketones (excluding diaryl/α,β-unsaturated/α-hetero) is 1. The first-order chi connectivity index (χ1) is 14.6. The van der Waals surface area contributed by atoms with Crippen molar-refractivity contribution in [3.63, 3.8) is 0 Å². The Morgan fingerprint density at radius 3 is 2.35 bits per heavy atom. The van der Waals surface area contributed by atoms with Crippen molar-refractivity contribution in [1.82, 2.24) is 5.32 Å². The van der Waals surface area contributed by atoms with Crippen LogP contribution in [0.1, 0.15) is 27.6 Å². The summed E-state index contributed by atoms with van der Waals surface area (Å²) in [6, 6.07) is 10.3. The van der Waals surface area contributed by atoms with Crippen LogP contribution in [-0.4, -0.2) is 51.8 Å². The lowest BCUT2D eigenvalue weighted by Crippen LogP contribution is -2.34. The number of nitrogens with one attached hydrogen (secondary N) is 2. The van der Waals surface area contributed by atoms with Gasteiger partial charge in [-0.05, 0) is 49.4 Å². The van der Waals surface area contributed by atoms with E-state index in [2.05, 4.69) is 10.0 Å². The summed E-state index contributed by atoms with van der Waals surface area (Å²) in [7, 11) is -3.43. The summed E-state index contributed by atoms with van der Waals surface area (Å²) in [5.74, 6) is -0.800. The molecule has 2 N–H and O–H groups in total. The Kier molecular flexibility index (Phi) is 6.44. The van der Waals surface area contributed by atoms with E-state index in [0.29, 0.717) is 17.2 Å². The Bertz CT molecular complexity index is 1110. The first-order valence-corrected chi connectivity index (χ1v) is 11.0. The van der Waals surface area contributed by atoms with Crippen molar-refractivity contribution < 1.29 is 37.0 Å². The SMILES string of the molecule is C[C@@H](OC(=O)CNC(=O)c1ccc2c(c1)OCO2)C(=O)c1ccc(NS(C)(=O)=O)cc1. The summed E-state index contributed by atoms with van der Waals surface area (Å²) in [5, 5.41) is 2.42. The van der Waals surface area contributed by atoms with Crippen LogP contribution in [0.25, 0.3) is 0 Å². The number of amides is 1. The van der Waals surface area contributed by atoms with Crippen molar-refractivity contribution >= 4 is 33.4 Å². The highest BCUT2D eigenvalue weighted by Gasteiger charge is 2.21. The van der Waals surface area contributed by atoms with Gasteiger partial charge < -0.3 is 19.5 Å². The Morgan fingerprint density at radius 2 is 1.68 bits per heavy atom. The predicted octanol–water partition coefficient (Wildman–Crippen LogP) is 1.33. The maximum absolute atomic E-state index is 12.4. The third kappa shape index (κ3) is 5.95. The molecule has 2 aromatic rings. The van der Waals surface area contributed by atoms with E-state index < -0.39 is 40.3 Å². The molecule has 1 heterocycles. The van der Waals surface area contributed by atoms with E-state index in [1.54, 1.807) is 6.07 Å². The first kappa shape index (κ1) is 22.1. The van der Waals surface area contributed by atoms with E-state index in [-0.39, 0.29) is 17.9 Å². The topological polar surface area (TPSA) is 137 Å². The fourth-order valence-corrected chi connectivity index (χ4v) is 3.30. The van der Waals surface area contributed by atoms with Gasteiger partial charge in [-0.15, -0.1) is 0 Å². The molecule has 2 aromatic carbocycles. The maximum Gasteiger partial charge on any atom is 0.326 e. The van der Waals surface area contributed by atoms with Gasteiger partial charge in [-0.2, -0.15) is 0 Å². The van der Waals surface area contributed by atoms with E-state index in [0.717, 1.165) is 6.26 Å². The lowest BCUT2D eigenvalue weighted by Gasteiger charge is -2.13. The fourth-order valence-electron chi connectivity index (χ4n) is 2.74. The van der Waals surface area contributed by atoms with Gasteiger partial charge in [0.1, 0.15) is 6.54 Å². The number of rotatable bonds is 8. The van der Waals surface area contributed by atoms with Crippen LogP contribution >= 0.6 is 0 Å². The molecule has 3 rings (SSSR count). The van der Waals surface area contributed by atoms with Crippen LogP contribution < -0.4 is 19.5 Å². The van der Waals surface area contributed by atoms with Gasteiger partial charge in [0, 0.05) is 16.8 Å². The standard InChI is InChI=1S/C20H20N2O8S/c1-12(19(24)13-3-6-15(7-4-13)22-31(2,26)27)30-18(23)10-21-20(25)14-5-8-16-17(9-14)29-11-28-16/h3-9,12,22H,10-11H2,1-2H3,(H,21,25)/t12-/m1/s1. The van der Waals surface area contributed by atoms with E-state index in [9.17, 15) is 22.8 Å². The van der Waals surface area contributed by atoms with Crippen LogP contribution in [0.15, 0.2) is 42.5 Å². The number of fused-ring (bicyclic) bond motifs is 1. The van der Waals surface area contributed by atoms with Gasteiger partial charge in [-0.1, -0.05) is 0 Å². The Labute approximate surface area is 178 Å². The molecule has 0 saturated carbocycles. The smallest absolute Gasteiger partial charge is 0.326 e. The molecular weight excluding hydrogens is 428 g/mol. The molecule has 31 heavy (non-hydrogen) atoms. The van der Waals surface area contributed by atoms with Crippen LogP contribution in [0.4, 0.5) is 5.69 Å². The molecule has 1 aliphatic rings. The first-order valence-electron chi connectivity index (χ1n) is 9.12. The summed E-state index contributed by atoms with van der Waals surface area (Å²) >= 11 is 0. The Morgan fingerprint density at radius 1 is 1.03 bits per heavy atom. The van der Waals surface area contributed by atoms with Crippen molar-refractivity contribution in [3.8, 4) is 11.5 Å². The van der Waals surface area contributed by atoms with Crippen LogP contribution in [0.3, 0.4) is 0 Å². The number of hydrogen-bond donors (Lipinski definition) is 2. The van der Waals surface area contributed by atoms with E-state index in [1.165, 1.54) is 43.3 Å². The number of anilines is 1. The van der Waals surface area contributed by atoms with Crippen LogP contribution in [0.5, 0.6) is 11.5 Å². The van der Waals surface area contributed by atoms with Gasteiger partial charge in [0.15, 0.2) is 17.6 Å². The molecule has 1 atom stereocenters. The number of benzene rings is 2. The van der Waals surface area contributed by atoms with Crippen LogP contribution in [0.2, 0.25) is 0 Å². The largest absolute Gasteiger partial charge is 0.454 e. The molecule has 0 aromatic heterocycles. The van der Waals surface area contributed by atoms with Crippen LogP contribution in [-0.2, 0) is 19.6 Å². The minimum absolute atomic E-state index is 0.0790. The molecular formula is C20H20N2O8S. The molecule has 0 fully saturated rings. The second-order valence-electron chi connectivity index (χ2n) is 6.70. The molecule has 1 amide bonds. The van der Waals surface area contributed by atoms with Crippen molar-refractivity contribution in [1.29, 1.82) is 0 Å². The average Bonchev–Trinajstić information content (AvgIpc) is 3.18. The van der Waals surface area contributed by atoms with Gasteiger partial charge in [-0.25, -0.2) is 8.42 Å². The van der Waals surface area contributed by atoms with Crippen LogP contribution in [0, 0.1) is 0 Å². The summed E-state index contributed by atoms with van der Waals surface area (Å²) < 4.78 is 40.2. The number of hydrogen-bond acceptors (Lipinski definition) is 8. The minimum Gasteiger partial charge on any atom is -0.454 e. The summed E-state index contributed by atoms with van der Waals surface area (Å²) in [6.07, 6.45) is -0.0810. The Balaban J connectivity index is 1.50. The van der Waals surface area contributed by atoms with Gasteiger partial charge in [0.05, 0.1) is 6.26 Å². The number of sulfonamides is 1. The highest BCUT2D eigenvalue weighted by molar-refractivity contribution is 7.92. The molecule has 10 nitrogen and oxygen atoms in total. The highest BCUT2D eigenvalue weighted by Crippen LogP contribution is 2.32. The highest BCUT2D eigenvalue weighted by atomic mass is 32.2. The molecule has 11 heteroatoms. The van der Waals surface area contributed by atoms with Gasteiger partial charge in [0.2, 0.25) is 22.6 Å². The molecule has 164 valence electrons. The third-order valence-corrected chi connectivity index (χ3v) is 4.78. The monoisotopic (exact) mass is 448 g/mol. The van der Waals surface area contributed by atoms with E-state index in [1.807, 2.05) is 0 Å². The molecule has 0 saturated heterocycles. The number of ketones is 1. The van der Waals surface area contributed by atoms with Crippen molar-refractivity contribution in [3.05, 3.63) is 53.6 Å². The quantitative estimate of drug-likeness (QED) is 0.456. The van der Waals surface area contributed by atoms with E-state index in [4.69, 9.17) is 14.2 Å². The predicted molar refractivity (Wildman–Crippen MR) is 110 cm³/mol. The zero-order chi connectivity index (χ0) is 22.6. The van der Waals surface area contributed by atoms with Crippen molar-refractivity contribution in [2.24, 2.45) is 0 Å². The fraction of sp³-hybridized carbons (Fsp3) is 0.250. The second-order valence-corrected chi connectivity index (χ2v) is 8.45. The van der Waals surface area contributed by atoms with Crippen molar-refractivity contribution in [2.45, 2.75) is 13.0 Å². The molecule has 0 unspecified atom stereocenters. The average molecular weight is 448 g/mol. The molecule has 1 aliphatic heterocycles. The third-order valence-electron chi connectivity index (χ3n) is 4.18. The number of carbonyl (C=O) groups is 3. The zero-order valence-electron chi connectivity index (χ0n) is 16.7. The van der Waals surface area contributed by atoms with Gasteiger partial charge in [-0.3, -0.25) is 19.1 Å². The van der Waals surface area contributed by atoms with E-state index >= 15 is 0 Å². The normalized spacial score (nSPS) is 13.2. The second kappa shape index (κ2) is 9.04. The molecule has 0 spiro atoms. The number of carbonyl (C=O) groups excluding carboxylic acids is 3. The maximum atomic E-state index is 12.4. The molecule has 0 aliphatic carbocycles.